The number of hydrogen-bond acceptors (Lipinski definition) is 9. The van der Waals surface area contributed by atoms with Crippen LogP contribution in [-0.2, 0) is 19.1 Å². The first-order valence-electron chi connectivity index (χ1n) is 13.5. The van der Waals surface area contributed by atoms with Gasteiger partial charge in [0, 0.05) is 43.0 Å². The lowest BCUT2D eigenvalue weighted by Crippen LogP contribution is -2.45. The smallest absolute Gasteiger partial charge is 0.338 e. The number of carbonyl (C=O) groups excluding carboxylic acids is 2. The van der Waals surface area contributed by atoms with Crippen LogP contribution in [0.15, 0.2) is 46.0 Å². The molecule has 230 valence electrons. The maximum absolute atomic E-state index is 15.4. The van der Waals surface area contributed by atoms with Crippen molar-refractivity contribution in [2.45, 2.75) is 38.8 Å². The molecule has 0 saturated carbocycles. The van der Waals surface area contributed by atoms with Crippen molar-refractivity contribution in [1.82, 2.24) is 20.1 Å². The van der Waals surface area contributed by atoms with Crippen LogP contribution in [0.1, 0.15) is 37.4 Å². The number of aliphatic carboxylic acids is 1. The van der Waals surface area contributed by atoms with E-state index in [0.717, 1.165) is 6.07 Å². The molecule has 2 aromatic rings. The maximum Gasteiger partial charge on any atom is 0.338 e. The number of benzene rings is 1. The van der Waals surface area contributed by atoms with Crippen molar-refractivity contribution >= 4 is 46.6 Å². The van der Waals surface area contributed by atoms with Crippen LogP contribution in [0.25, 0.3) is 0 Å². The molecule has 1 unspecified atom stereocenters. The number of fused-ring (bicyclic) bond motifs is 1. The average molecular weight is 640 g/mol. The van der Waals surface area contributed by atoms with Crippen molar-refractivity contribution in [3.05, 3.63) is 62.5 Å². The van der Waals surface area contributed by atoms with Crippen molar-refractivity contribution in [2.75, 3.05) is 32.8 Å². The number of thiazole rings is 1. The fraction of sp³-hybridized carbons (Fsp3) is 0.464. The standard InChI is InChI=1S/C28H29ClF3N5O5S/c1-4-42-25(39)19-17(34-22(23-33-7-8-43-23)35-21(19)14-5-6-15(29)16(30)9-14)10-36-13-28(31,32)20-18(36)11-37(24(20)38)12-27(2,3)26(40)41/h5-9,18,20-21H,4,10-13H2,1-3H3,(H,34,35)(H,40,41)/t18-,20?,21+/m0/s1. The minimum Gasteiger partial charge on any atom is -0.481 e. The van der Waals surface area contributed by atoms with Crippen LogP contribution < -0.4 is 5.32 Å². The minimum atomic E-state index is -3.41. The van der Waals surface area contributed by atoms with Gasteiger partial charge in [-0.3, -0.25) is 19.5 Å². The van der Waals surface area contributed by atoms with Crippen molar-refractivity contribution in [3.63, 3.8) is 0 Å². The van der Waals surface area contributed by atoms with Gasteiger partial charge in [-0.2, -0.15) is 0 Å². The van der Waals surface area contributed by atoms with E-state index in [-0.39, 0.29) is 53.9 Å². The van der Waals surface area contributed by atoms with E-state index in [0.29, 0.717) is 5.01 Å². The molecule has 4 heterocycles. The molecule has 3 atom stereocenters. The molecule has 43 heavy (non-hydrogen) atoms. The number of likely N-dealkylation sites (tertiary alicyclic amines) is 2. The summed E-state index contributed by atoms with van der Waals surface area (Å²) in [6, 6.07) is 1.95. The number of aromatic nitrogens is 1. The number of esters is 1. The summed E-state index contributed by atoms with van der Waals surface area (Å²) in [4.78, 5) is 49.7. The van der Waals surface area contributed by atoms with Crippen LogP contribution in [0.4, 0.5) is 13.2 Å². The van der Waals surface area contributed by atoms with Crippen LogP contribution in [0.5, 0.6) is 0 Å². The number of ether oxygens (including phenoxy) is 1. The van der Waals surface area contributed by atoms with E-state index >= 15 is 8.78 Å². The molecule has 0 radical (unpaired) electrons. The molecular formula is C28H29ClF3N5O5S. The third kappa shape index (κ3) is 5.87. The van der Waals surface area contributed by atoms with E-state index in [1.807, 2.05) is 0 Å². The van der Waals surface area contributed by atoms with Gasteiger partial charge >= 0.3 is 11.9 Å². The molecular weight excluding hydrogens is 611 g/mol. The fourth-order valence-electron chi connectivity index (χ4n) is 5.66. The molecule has 15 heteroatoms. The monoisotopic (exact) mass is 639 g/mol. The Kier molecular flexibility index (Phi) is 8.31. The number of amides is 1. The van der Waals surface area contributed by atoms with Gasteiger partial charge in [-0.15, -0.1) is 11.3 Å². The van der Waals surface area contributed by atoms with E-state index in [9.17, 15) is 23.9 Å². The third-order valence-electron chi connectivity index (χ3n) is 7.75. The molecule has 1 aromatic carbocycles. The summed E-state index contributed by atoms with van der Waals surface area (Å²) in [5.74, 6) is -8.33. The van der Waals surface area contributed by atoms with E-state index in [1.54, 1.807) is 18.5 Å². The second kappa shape index (κ2) is 11.5. The number of carbonyl (C=O) groups is 3. The number of nitrogens with one attached hydrogen (secondary N) is 1. The topological polar surface area (TPSA) is 124 Å². The average Bonchev–Trinajstić information content (AvgIpc) is 3.63. The van der Waals surface area contributed by atoms with Gasteiger partial charge in [0.25, 0.3) is 5.92 Å². The lowest BCUT2D eigenvalue weighted by Gasteiger charge is -2.32. The van der Waals surface area contributed by atoms with Gasteiger partial charge in [-0.1, -0.05) is 17.7 Å². The third-order valence-corrected chi connectivity index (χ3v) is 8.84. The number of hydrogen-bond donors (Lipinski definition) is 2. The molecule has 1 amide bonds. The van der Waals surface area contributed by atoms with Crippen LogP contribution >= 0.6 is 22.9 Å². The molecule has 3 aliphatic rings. The van der Waals surface area contributed by atoms with Crippen LogP contribution in [0.2, 0.25) is 5.02 Å². The quantitative estimate of drug-likeness (QED) is 0.398. The van der Waals surface area contributed by atoms with Gasteiger partial charge < -0.3 is 20.1 Å². The zero-order valence-corrected chi connectivity index (χ0v) is 25.0. The first-order chi connectivity index (χ1) is 20.2. The van der Waals surface area contributed by atoms with Crippen LogP contribution in [-0.4, -0.2) is 88.3 Å². The fourth-order valence-corrected chi connectivity index (χ4v) is 6.37. The Labute approximate surface area is 254 Å². The van der Waals surface area contributed by atoms with Crippen LogP contribution in [0.3, 0.4) is 0 Å². The molecule has 0 bridgehead atoms. The summed E-state index contributed by atoms with van der Waals surface area (Å²) in [5.41, 5.74) is -0.893. The zero-order valence-electron chi connectivity index (χ0n) is 23.4. The molecule has 5 rings (SSSR count). The SMILES string of the molecule is CCOC(=O)C1=C(CN2CC(F)(F)C3C(=O)N(CC(C)(C)C(=O)O)C[C@@H]32)NC(c2nccs2)=N[C@@H]1c1ccc(Cl)c(F)c1. The lowest BCUT2D eigenvalue weighted by atomic mass is 9.93. The van der Waals surface area contributed by atoms with Gasteiger partial charge in [-0.25, -0.2) is 22.9 Å². The molecule has 0 spiro atoms. The van der Waals surface area contributed by atoms with Crippen LogP contribution in [0, 0.1) is 17.2 Å². The zero-order chi connectivity index (χ0) is 31.3. The highest BCUT2D eigenvalue weighted by molar-refractivity contribution is 7.11. The Balaban J connectivity index is 1.55. The molecule has 10 nitrogen and oxygen atoms in total. The highest BCUT2D eigenvalue weighted by Crippen LogP contribution is 2.44. The first-order valence-corrected chi connectivity index (χ1v) is 14.7. The number of carboxylic acids is 1. The predicted octanol–water partition coefficient (Wildman–Crippen LogP) is 3.73. The Bertz CT molecular complexity index is 1520. The highest BCUT2D eigenvalue weighted by atomic mass is 35.5. The summed E-state index contributed by atoms with van der Waals surface area (Å²) in [6.07, 6.45) is 1.55. The summed E-state index contributed by atoms with van der Waals surface area (Å²) in [7, 11) is 0. The number of rotatable bonds is 9. The molecule has 1 aromatic heterocycles. The second-order valence-corrected chi connectivity index (χ2v) is 12.5. The number of amidine groups is 1. The van der Waals surface area contributed by atoms with Gasteiger partial charge in [0.15, 0.2) is 10.8 Å². The lowest BCUT2D eigenvalue weighted by molar-refractivity contribution is -0.150. The van der Waals surface area contributed by atoms with Gasteiger partial charge in [-0.05, 0) is 38.5 Å². The van der Waals surface area contributed by atoms with Crippen molar-refractivity contribution in [1.29, 1.82) is 0 Å². The number of aliphatic imine (C=N–C) groups is 1. The molecule has 0 aliphatic carbocycles. The summed E-state index contributed by atoms with van der Waals surface area (Å²) in [6.45, 7) is 3.12. The predicted molar refractivity (Wildman–Crippen MR) is 151 cm³/mol. The van der Waals surface area contributed by atoms with E-state index in [2.05, 4.69) is 15.3 Å². The normalized spacial score (nSPS) is 23.7. The maximum atomic E-state index is 15.4. The largest absolute Gasteiger partial charge is 0.481 e. The van der Waals surface area contributed by atoms with E-state index in [4.69, 9.17) is 16.3 Å². The number of carboxylic acid groups (broad SMARTS) is 1. The molecule has 3 aliphatic heterocycles. The summed E-state index contributed by atoms with van der Waals surface area (Å²) in [5, 5.41) is 14.6. The number of nitrogens with zero attached hydrogens (tertiary/aromatic N) is 4. The Morgan fingerprint density at radius 1 is 1.33 bits per heavy atom. The molecule has 2 N–H and O–H groups in total. The van der Waals surface area contributed by atoms with Crippen molar-refractivity contribution < 1.29 is 37.4 Å². The van der Waals surface area contributed by atoms with Gasteiger partial charge in [0.2, 0.25) is 5.91 Å². The molecule has 2 fully saturated rings. The van der Waals surface area contributed by atoms with Gasteiger partial charge in [0.05, 0.1) is 29.2 Å². The Morgan fingerprint density at radius 2 is 2.07 bits per heavy atom. The second-order valence-electron chi connectivity index (χ2n) is 11.2. The van der Waals surface area contributed by atoms with Crippen molar-refractivity contribution in [3.8, 4) is 0 Å². The first kappa shape index (κ1) is 31.0. The Morgan fingerprint density at radius 3 is 2.70 bits per heavy atom. The minimum absolute atomic E-state index is 0.00960. The van der Waals surface area contributed by atoms with E-state index in [1.165, 1.54) is 47.1 Å². The number of halogens is 4. The number of alkyl halides is 2. The van der Waals surface area contributed by atoms with Gasteiger partial charge in [0.1, 0.15) is 17.8 Å². The van der Waals surface area contributed by atoms with E-state index < -0.39 is 59.5 Å². The molecule has 2 saturated heterocycles. The summed E-state index contributed by atoms with van der Waals surface area (Å²) >= 11 is 7.15. The Hall–Kier alpha value is -3.49. The van der Waals surface area contributed by atoms with Crippen molar-refractivity contribution in [2.24, 2.45) is 16.3 Å². The summed E-state index contributed by atoms with van der Waals surface area (Å²) < 4.78 is 50.7. The highest BCUT2D eigenvalue weighted by Gasteiger charge is 2.63.